The number of anilines is 1. The molecule has 9 heteroatoms. The summed E-state index contributed by atoms with van der Waals surface area (Å²) >= 11 is 0. The maximum atomic E-state index is 13.0. The molecule has 1 aliphatic rings. The minimum Gasteiger partial charge on any atom is -0.548 e. The smallest absolute Gasteiger partial charge is 0.243 e. The average Bonchev–Trinajstić information content (AvgIpc) is 2.99. The van der Waals surface area contributed by atoms with E-state index in [9.17, 15) is 28.7 Å². The van der Waals surface area contributed by atoms with Crippen molar-refractivity contribution in [1.82, 2.24) is 10.6 Å². The third-order valence-electron chi connectivity index (χ3n) is 4.29. The number of benzene rings is 1. The first-order chi connectivity index (χ1) is 12.7. The number of hydrogen-bond donors (Lipinski definition) is 2. The van der Waals surface area contributed by atoms with E-state index in [0.29, 0.717) is 5.69 Å². The minimum atomic E-state index is -1.44. The third kappa shape index (κ3) is 5.25. The summed E-state index contributed by atoms with van der Waals surface area (Å²) in [5, 5.41) is 15.2. The number of carbonyl (C=O) groups is 4. The molecule has 0 radical (unpaired) electrons. The topological polar surface area (TPSA) is 119 Å². The van der Waals surface area contributed by atoms with Gasteiger partial charge in [0.1, 0.15) is 11.9 Å². The van der Waals surface area contributed by atoms with Gasteiger partial charge in [0.15, 0.2) is 0 Å². The molecule has 1 aromatic carbocycles. The van der Waals surface area contributed by atoms with Crippen LogP contribution in [0.15, 0.2) is 24.3 Å². The molecule has 1 aromatic rings. The van der Waals surface area contributed by atoms with Crippen molar-refractivity contribution in [2.24, 2.45) is 11.8 Å². The maximum Gasteiger partial charge on any atom is 0.243 e. The van der Waals surface area contributed by atoms with Gasteiger partial charge in [-0.2, -0.15) is 0 Å². The van der Waals surface area contributed by atoms with E-state index in [1.54, 1.807) is 13.8 Å². The molecule has 2 atom stereocenters. The molecular weight excluding hydrogens is 357 g/mol. The van der Waals surface area contributed by atoms with Crippen LogP contribution in [0.3, 0.4) is 0 Å². The number of carboxylic acid groups (broad SMARTS) is 1. The first kappa shape index (κ1) is 20.3. The lowest BCUT2D eigenvalue weighted by Crippen LogP contribution is -2.53. The highest BCUT2D eigenvalue weighted by Crippen LogP contribution is 2.25. The van der Waals surface area contributed by atoms with Crippen LogP contribution in [-0.2, 0) is 19.2 Å². The van der Waals surface area contributed by atoms with Crippen LogP contribution in [0.1, 0.15) is 20.3 Å². The van der Waals surface area contributed by atoms with Gasteiger partial charge in [0, 0.05) is 18.7 Å². The average molecular weight is 378 g/mol. The van der Waals surface area contributed by atoms with Crippen LogP contribution in [0, 0.1) is 17.7 Å². The molecule has 146 valence electrons. The van der Waals surface area contributed by atoms with Crippen molar-refractivity contribution < 1.29 is 28.7 Å². The van der Waals surface area contributed by atoms with E-state index < -0.39 is 42.1 Å². The summed E-state index contributed by atoms with van der Waals surface area (Å²) in [5.74, 6) is -4.21. The maximum absolute atomic E-state index is 13.0. The molecule has 0 aliphatic carbocycles. The summed E-state index contributed by atoms with van der Waals surface area (Å²) in [6.07, 6.45) is -0.0330. The Morgan fingerprint density at radius 3 is 2.44 bits per heavy atom. The lowest BCUT2D eigenvalue weighted by molar-refractivity contribution is -0.304. The van der Waals surface area contributed by atoms with E-state index in [4.69, 9.17) is 0 Å². The Labute approximate surface area is 155 Å². The standard InChI is InChI=1S/C18H22FN3O5/c1-10(2)16(18(27)20-8-15(24)25)21-17(26)11-7-14(23)22(9-11)13-5-3-12(19)4-6-13/h3-6,10-11,16H,7-9H2,1-2H3,(H,20,27)(H,21,26)(H,24,25)/p-1/t11-,16+/m1/s1. The quantitative estimate of drug-likeness (QED) is 0.643. The van der Waals surface area contributed by atoms with Crippen molar-refractivity contribution in [2.75, 3.05) is 18.0 Å². The molecule has 0 unspecified atom stereocenters. The van der Waals surface area contributed by atoms with Crippen LogP contribution in [0.5, 0.6) is 0 Å². The fourth-order valence-electron chi connectivity index (χ4n) is 2.83. The van der Waals surface area contributed by atoms with E-state index in [1.807, 2.05) is 0 Å². The fraction of sp³-hybridized carbons (Fsp3) is 0.444. The molecule has 0 saturated carbocycles. The molecule has 1 fully saturated rings. The van der Waals surface area contributed by atoms with Gasteiger partial charge in [-0.3, -0.25) is 14.4 Å². The van der Waals surface area contributed by atoms with Crippen molar-refractivity contribution in [1.29, 1.82) is 0 Å². The zero-order valence-electron chi connectivity index (χ0n) is 15.0. The summed E-state index contributed by atoms with van der Waals surface area (Å²) in [6, 6.07) is 4.43. The van der Waals surface area contributed by atoms with Crippen LogP contribution in [0.2, 0.25) is 0 Å². The molecule has 1 aliphatic heterocycles. The predicted molar refractivity (Wildman–Crippen MR) is 91.6 cm³/mol. The number of amides is 3. The second-order valence-corrected chi connectivity index (χ2v) is 6.70. The van der Waals surface area contributed by atoms with Crippen molar-refractivity contribution >= 4 is 29.4 Å². The number of carbonyl (C=O) groups excluding carboxylic acids is 4. The summed E-state index contributed by atoms with van der Waals surface area (Å²) in [4.78, 5) is 48.7. The number of nitrogens with one attached hydrogen (secondary N) is 2. The number of halogens is 1. The second kappa shape index (κ2) is 8.61. The summed E-state index contributed by atoms with van der Waals surface area (Å²) < 4.78 is 13.0. The van der Waals surface area contributed by atoms with Crippen molar-refractivity contribution in [3.05, 3.63) is 30.1 Å². The van der Waals surface area contributed by atoms with Crippen molar-refractivity contribution in [3.63, 3.8) is 0 Å². The van der Waals surface area contributed by atoms with Crippen molar-refractivity contribution in [2.45, 2.75) is 26.3 Å². The van der Waals surface area contributed by atoms with E-state index in [2.05, 4.69) is 10.6 Å². The van der Waals surface area contributed by atoms with Gasteiger partial charge in [0.2, 0.25) is 17.7 Å². The lowest BCUT2D eigenvalue weighted by Gasteiger charge is -2.23. The Kier molecular flexibility index (Phi) is 6.49. The Morgan fingerprint density at radius 1 is 1.26 bits per heavy atom. The molecule has 3 amide bonds. The van der Waals surface area contributed by atoms with Gasteiger partial charge < -0.3 is 25.4 Å². The van der Waals surface area contributed by atoms with Gasteiger partial charge in [0.05, 0.1) is 18.4 Å². The van der Waals surface area contributed by atoms with E-state index in [0.717, 1.165) is 0 Å². The normalized spacial score (nSPS) is 17.7. The molecule has 2 N–H and O–H groups in total. The Balaban J connectivity index is 2.01. The molecule has 1 heterocycles. The summed E-state index contributed by atoms with van der Waals surface area (Å²) in [5.41, 5.74) is 0.490. The van der Waals surface area contributed by atoms with E-state index >= 15 is 0 Å². The van der Waals surface area contributed by atoms with Crippen LogP contribution in [0.4, 0.5) is 10.1 Å². The van der Waals surface area contributed by atoms with E-state index in [1.165, 1.54) is 29.2 Å². The van der Waals surface area contributed by atoms with Gasteiger partial charge in [0.25, 0.3) is 0 Å². The van der Waals surface area contributed by atoms with Gasteiger partial charge in [-0.25, -0.2) is 4.39 Å². The monoisotopic (exact) mass is 378 g/mol. The molecule has 0 bridgehead atoms. The highest BCUT2D eigenvalue weighted by atomic mass is 19.1. The SMILES string of the molecule is CC(C)[C@H](NC(=O)[C@@H]1CC(=O)N(c2ccc(F)cc2)C1)C(=O)NCC(=O)[O-]. The largest absolute Gasteiger partial charge is 0.548 e. The Hall–Kier alpha value is -2.97. The summed E-state index contributed by atoms with van der Waals surface area (Å²) in [7, 11) is 0. The van der Waals surface area contributed by atoms with Crippen LogP contribution >= 0.6 is 0 Å². The third-order valence-corrected chi connectivity index (χ3v) is 4.29. The van der Waals surface area contributed by atoms with Gasteiger partial charge in [-0.05, 0) is 30.2 Å². The van der Waals surface area contributed by atoms with Crippen LogP contribution in [0.25, 0.3) is 0 Å². The fourth-order valence-corrected chi connectivity index (χ4v) is 2.83. The molecular formula is C18H21FN3O5-. The lowest BCUT2D eigenvalue weighted by atomic mass is 10.0. The van der Waals surface area contributed by atoms with Crippen LogP contribution in [-0.4, -0.2) is 42.8 Å². The molecule has 27 heavy (non-hydrogen) atoms. The molecule has 8 nitrogen and oxygen atoms in total. The number of nitrogens with zero attached hydrogens (tertiary/aromatic N) is 1. The molecule has 0 aromatic heterocycles. The zero-order valence-corrected chi connectivity index (χ0v) is 15.0. The Bertz CT molecular complexity index is 735. The number of carboxylic acids is 1. The van der Waals surface area contributed by atoms with Crippen LogP contribution < -0.4 is 20.6 Å². The highest BCUT2D eigenvalue weighted by molar-refractivity contribution is 6.01. The molecule has 1 saturated heterocycles. The number of hydrogen-bond acceptors (Lipinski definition) is 5. The number of rotatable bonds is 7. The van der Waals surface area contributed by atoms with Crippen molar-refractivity contribution in [3.8, 4) is 0 Å². The minimum absolute atomic E-state index is 0.0330. The number of aliphatic carboxylic acids is 1. The zero-order chi connectivity index (χ0) is 20.1. The van der Waals surface area contributed by atoms with Gasteiger partial charge in [-0.1, -0.05) is 13.8 Å². The van der Waals surface area contributed by atoms with Gasteiger partial charge >= 0.3 is 0 Å². The Morgan fingerprint density at radius 2 is 1.89 bits per heavy atom. The molecule has 0 spiro atoms. The highest BCUT2D eigenvalue weighted by Gasteiger charge is 2.37. The van der Waals surface area contributed by atoms with Gasteiger partial charge in [-0.15, -0.1) is 0 Å². The predicted octanol–water partition coefficient (Wildman–Crippen LogP) is -0.814. The van der Waals surface area contributed by atoms with E-state index in [-0.39, 0.29) is 24.8 Å². The summed E-state index contributed by atoms with van der Waals surface area (Å²) in [6.45, 7) is 2.86. The first-order valence-corrected chi connectivity index (χ1v) is 8.53. The molecule has 2 rings (SSSR count). The first-order valence-electron chi connectivity index (χ1n) is 8.53. The second-order valence-electron chi connectivity index (χ2n) is 6.70.